The molecule has 1 heterocycles. The number of allylic oxidation sites excluding steroid dienone is 2. The van der Waals surface area contributed by atoms with Gasteiger partial charge in [0.2, 0.25) is 5.91 Å². The minimum atomic E-state index is -1.22. The van der Waals surface area contributed by atoms with E-state index in [1.807, 2.05) is 6.08 Å². The zero-order valence-electron chi connectivity index (χ0n) is 14.6. The first-order chi connectivity index (χ1) is 12.5. The smallest absolute Gasteiger partial charge is 0.251 e. The van der Waals surface area contributed by atoms with Crippen molar-refractivity contribution < 1.29 is 19.5 Å². The van der Waals surface area contributed by atoms with Gasteiger partial charge in [-0.15, -0.1) is 11.3 Å². The molecule has 0 aromatic carbocycles. The fourth-order valence-corrected chi connectivity index (χ4v) is 5.13. The van der Waals surface area contributed by atoms with Crippen LogP contribution in [0, 0.1) is 11.8 Å². The molecule has 3 N–H and O–H groups in total. The van der Waals surface area contributed by atoms with Crippen molar-refractivity contribution in [2.75, 3.05) is 5.32 Å². The molecule has 1 aromatic rings. The van der Waals surface area contributed by atoms with Gasteiger partial charge in [-0.1, -0.05) is 25.0 Å². The molecular weight excluding hydrogens is 352 g/mol. The van der Waals surface area contributed by atoms with E-state index in [0.29, 0.717) is 17.0 Å². The lowest BCUT2D eigenvalue weighted by Gasteiger charge is -2.28. The number of amides is 2. The summed E-state index contributed by atoms with van der Waals surface area (Å²) in [4.78, 5) is 37.2. The van der Waals surface area contributed by atoms with Gasteiger partial charge in [-0.25, -0.2) is 0 Å². The number of aliphatic carboxylic acids is 1. The molecule has 1 aromatic heterocycles. The number of hydrogen-bond acceptors (Lipinski definition) is 5. The van der Waals surface area contributed by atoms with Crippen molar-refractivity contribution in [2.45, 2.75) is 51.4 Å². The standard InChI is InChI=1S/C19H24N2O4S/c20-16(22)15-13-9-3-1-2-4-10-14(13)26-18(15)21-17(23)11-7-5-6-8-12(11)19(24)25/h5-6,11-12H,1-4,7-10H2,(H2,20,22)(H,21,23)(H,24,25)/p-1/t11-,12-/m1/s1. The van der Waals surface area contributed by atoms with Gasteiger partial charge in [0.05, 0.1) is 11.5 Å². The summed E-state index contributed by atoms with van der Waals surface area (Å²) in [7, 11) is 0. The first kappa shape index (κ1) is 18.6. The molecular formula is C19H23N2O4S-. The Labute approximate surface area is 156 Å². The van der Waals surface area contributed by atoms with Crippen molar-refractivity contribution in [1.82, 2.24) is 0 Å². The third-order valence-corrected chi connectivity index (χ3v) is 6.43. The molecule has 2 aliphatic rings. The van der Waals surface area contributed by atoms with Crippen molar-refractivity contribution >= 4 is 34.1 Å². The number of carbonyl (C=O) groups is 3. The van der Waals surface area contributed by atoms with Gasteiger partial charge in [-0.2, -0.15) is 0 Å². The summed E-state index contributed by atoms with van der Waals surface area (Å²) in [5.41, 5.74) is 6.96. The Morgan fingerprint density at radius 3 is 2.35 bits per heavy atom. The summed E-state index contributed by atoms with van der Waals surface area (Å²) in [5, 5.41) is 14.6. The average Bonchev–Trinajstić information content (AvgIpc) is 2.91. The van der Waals surface area contributed by atoms with Gasteiger partial charge in [-0.05, 0) is 44.1 Å². The summed E-state index contributed by atoms with van der Waals surface area (Å²) in [6.07, 6.45) is 10.2. The Kier molecular flexibility index (Phi) is 5.76. The highest BCUT2D eigenvalue weighted by atomic mass is 32.1. The highest BCUT2D eigenvalue weighted by molar-refractivity contribution is 7.17. The molecule has 140 valence electrons. The third-order valence-electron chi connectivity index (χ3n) is 5.23. The second-order valence-corrected chi connectivity index (χ2v) is 8.06. The van der Waals surface area contributed by atoms with E-state index in [9.17, 15) is 19.5 Å². The minimum Gasteiger partial charge on any atom is -0.550 e. The second kappa shape index (κ2) is 8.03. The van der Waals surface area contributed by atoms with Crippen molar-refractivity contribution in [1.29, 1.82) is 0 Å². The van der Waals surface area contributed by atoms with E-state index in [4.69, 9.17) is 5.73 Å². The largest absolute Gasteiger partial charge is 0.550 e. The number of thiophene rings is 1. The van der Waals surface area contributed by atoms with Crippen LogP contribution in [-0.2, 0) is 22.4 Å². The van der Waals surface area contributed by atoms with E-state index < -0.39 is 23.7 Å². The Bertz CT molecular complexity index is 753. The molecule has 0 aliphatic heterocycles. The molecule has 0 bridgehead atoms. The van der Waals surface area contributed by atoms with Crippen LogP contribution < -0.4 is 16.2 Å². The van der Waals surface area contributed by atoms with E-state index in [2.05, 4.69) is 5.32 Å². The molecule has 2 amide bonds. The molecule has 6 nitrogen and oxygen atoms in total. The normalized spacial score (nSPS) is 22.8. The summed E-state index contributed by atoms with van der Waals surface area (Å²) < 4.78 is 0. The van der Waals surface area contributed by atoms with Crippen molar-refractivity contribution in [3.63, 3.8) is 0 Å². The van der Waals surface area contributed by atoms with Crippen LogP contribution in [0.5, 0.6) is 0 Å². The minimum absolute atomic E-state index is 0.282. The number of nitrogens with two attached hydrogens (primary N) is 1. The lowest BCUT2D eigenvalue weighted by atomic mass is 9.82. The number of aryl methyl sites for hydroxylation is 1. The number of fused-ring (bicyclic) bond motifs is 1. The van der Waals surface area contributed by atoms with Crippen LogP contribution in [0.1, 0.15) is 59.3 Å². The zero-order valence-corrected chi connectivity index (χ0v) is 15.4. The molecule has 0 saturated carbocycles. The Balaban J connectivity index is 1.88. The van der Waals surface area contributed by atoms with Crippen LogP contribution >= 0.6 is 11.3 Å². The van der Waals surface area contributed by atoms with Gasteiger partial charge < -0.3 is 21.0 Å². The summed E-state index contributed by atoms with van der Waals surface area (Å²) in [6.45, 7) is 0. The van der Waals surface area contributed by atoms with Crippen LogP contribution in [-0.4, -0.2) is 17.8 Å². The number of carbonyl (C=O) groups excluding carboxylic acids is 3. The van der Waals surface area contributed by atoms with E-state index in [0.717, 1.165) is 49.0 Å². The Morgan fingerprint density at radius 1 is 1.04 bits per heavy atom. The maximum atomic E-state index is 12.7. The number of carboxylic acid groups (broad SMARTS) is 1. The molecule has 2 atom stereocenters. The molecule has 2 aliphatic carbocycles. The van der Waals surface area contributed by atoms with E-state index >= 15 is 0 Å². The topological polar surface area (TPSA) is 112 Å². The third kappa shape index (κ3) is 3.82. The van der Waals surface area contributed by atoms with Crippen LogP contribution in [0.15, 0.2) is 12.2 Å². The lowest BCUT2D eigenvalue weighted by molar-refractivity contribution is -0.313. The molecule has 0 radical (unpaired) electrons. The molecule has 26 heavy (non-hydrogen) atoms. The number of anilines is 1. The number of nitrogens with one attached hydrogen (secondary N) is 1. The number of carboxylic acids is 1. The number of primary amides is 1. The van der Waals surface area contributed by atoms with Gasteiger partial charge in [0, 0.05) is 16.8 Å². The van der Waals surface area contributed by atoms with Gasteiger partial charge >= 0.3 is 0 Å². The SMILES string of the molecule is NC(=O)c1c(NC(=O)[C@@H]2CC=CC[C@H]2C(=O)[O-])sc2c1CCCCCC2. The Morgan fingerprint density at radius 2 is 1.69 bits per heavy atom. The fourth-order valence-electron chi connectivity index (χ4n) is 3.84. The van der Waals surface area contributed by atoms with Crippen LogP contribution in [0.2, 0.25) is 0 Å². The van der Waals surface area contributed by atoms with Crippen molar-refractivity contribution in [3.05, 3.63) is 28.2 Å². The summed E-state index contributed by atoms with van der Waals surface area (Å²) >= 11 is 1.40. The maximum Gasteiger partial charge on any atom is 0.251 e. The molecule has 0 fully saturated rings. The number of rotatable bonds is 4. The summed E-state index contributed by atoms with van der Waals surface area (Å²) in [6, 6.07) is 0. The van der Waals surface area contributed by atoms with Crippen LogP contribution in [0.4, 0.5) is 5.00 Å². The molecule has 0 unspecified atom stereocenters. The zero-order chi connectivity index (χ0) is 18.7. The first-order valence-corrected chi connectivity index (χ1v) is 9.91. The van der Waals surface area contributed by atoms with Gasteiger partial charge in [0.1, 0.15) is 5.00 Å². The van der Waals surface area contributed by atoms with Crippen LogP contribution in [0.3, 0.4) is 0 Å². The van der Waals surface area contributed by atoms with E-state index in [-0.39, 0.29) is 12.3 Å². The molecule has 0 spiro atoms. The van der Waals surface area contributed by atoms with Gasteiger partial charge in [0.25, 0.3) is 5.91 Å². The summed E-state index contributed by atoms with van der Waals surface area (Å²) in [5.74, 6) is -3.70. The number of hydrogen-bond donors (Lipinski definition) is 2. The quantitative estimate of drug-likeness (QED) is 0.781. The molecule has 3 rings (SSSR count). The second-order valence-electron chi connectivity index (χ2n) is 6.95. The lowest BCUT2D eigenvalue weighted by Crippen LogP contribution is -2.41. The van der Waals surface area contributed by atoms with Crippen LogP contribution in [0.25, 0.3) is 0 Å². The van der Waals surface area contributed by atoms with Gasteiger partial charge in [-0.3, -0.25) is 9.59 Å². The first-order valence-electron chi connectivity index (χ1n) is 9.10. The van der Waals surface area contributed by atoms with E-state index in [1.165, 1.54) is 11.3 Å². The predicted molar refractivity (Wildman–Crippen MR) is 97.7 cm³/mol. The highest BCUT2D eigenvalue weighted by Gasteiger charge is 2.32. The highest BCUT2D eigenvalue weighted by Crippen LogP contribution is 2.37. The van der Waals surface area contributed by atoms with Gasteiger partial charge in [0.15, 0.2) is 0 Å². The van der Waals surface area contributed by atoms with E-state index in [1.54, 1.807) is 6.08 Å². The molecule has 0 saturated heterocycles. The fraction of sp³-hybridized carbons (Fsp3) is 0.526. The average molecular weight is 375 g/mol. The maximum absolute atomic E-state index is 12.7. The van der Waals surface area contributed by atoms with Crippen molar-refractivity contribution in [3.8, 4) is 0 Å². The molecule has 7 heteroatoms. The Hall–Kier alpha value is -2.15. The van der Waals surface area contributed by atoms with Crippen molar-refractivity contribution in [2.24, 2.45) is 17.6 Å². The predicted octanol–water partition coefficient (Wildman–Crippen LogP) is 1.78. The monoisotopic (exact) mass is 375 g/mol.